The van der Waals surface area contributed by atoms with E-state index in [4.69, 9.17) is 4.42 Å². The average Bonchev–Trinajstić information content (AvgIpc) is 3.90. The molecule has 0 fully saturated rings. The van der Waals surface area contributed by atoms with Gasteiger partial charge in [-0.1, -0.05) is 170 Å². The van der Waals surface area contributed by atoms with E-state index < -0.39 is 5.41 Å². The number of fused-ring (bicyclic) bond motifs is 9. The van der Waals surface area contributed by atoms with Gasteiger partial charge in [0.1, 0.15) is 5.76 Å². The molecule has 57 heavy (non-hydrogen) atoms. The highest BCUT2D eigenvalue weighted by Crippen LogP contribution is 2.61. The lowest BCUT2D eigenvalue weighted by Crippen LogP contribution is -2.30. The fourth-order valence-electron chi connectivity index (χ4n) is 9.33. The number of anilines is 3. The molecule has 1 heterocycles. The fourth-order valence-corrected chi connectivity index (χ4v) is 9.33. The van der Waals surface area contributed by atoms with Crippen LogP contribution in [0.5, 0.6) is 0 Å². The summed E-state index contributed by atoms with van der Waals surface area (Å²) in [6, 6.07) is 75.0. The summed E-state index contributed by atoms with van der Waals surface area (Å²) in [5.74, 6) is 0.865. The van der Waals surface area contributed by atoms with Crippen molar-refractivity contribution in [3.8, 4) is 44.7 Å². The molecule has 0 amide bonds. The highest BCUT2D eigenvalue weighted by Gasteiger charge is 2.49. The highest BCUT2D eigenvalue weighted by atomic mass is 16.3. The molecule has 8 aromatic carbocycles. The van der Waals surface area contributed by atoms with Crippen molar-refractivity contribution >= 4 is 29.2 Å². The Morgan fingerprint density at radius 2 is 0.895 bits per heavy atom. The van der Waals surface area contributed by atoms with Crippen molar-refractivity contribution < 1.29 is 4.42 Å². The topological polar surface area (TPSA) is 16.4 Å². The van der Waals surface area contributed by atoms with Crippen LogP contribution >= 0.6 is 0 Å². The molecule has 268 valence electrons. The minimum Gasteiger partial charge on any atom is -0.464 e. The Bertz CT molecular complexity index is 2890. The largest absolute Gasteiger partial charge is 0.464 e. The summed E-state index contributed by atoms with van der Waals surface area (Å²) in [7, 11) is 0. The van der Waals surface area contributed by atoms with E-state index in [1.807, 2.05) is 12.1 Å². The van der Waals surface area contributed by atoms with Crippen LogP contribution in [0.1, 0.15) is 33.4 Å². The minimum absolute atomic E-state index is 0.510. The van der Waals surface area contributed by atoms with E-state index in [0.717, 1.165) is 39.5 Å². The quantitative estimate of drug-likeness (QED) is 0.170. The SMILES string of the molecule is C1=Cc2ccccc2C2(c3ccccc31)c1ccccc1-c1c(N(c3ccc(-c4ccccc4)cc3)c3ccc(-c4cccc(-c5ccco5)c4)cc3)cccc12. The van der Waals surface area contributed by atoms with Gasteiger partial charge in [-0.15, -0.1) is 0 Å². The lowest BCUT2D eigenvalue weighted by Gasteiger charge is -2.35. The maximum absolute atomic E-state index is 5.73. The number of hydrogen-bond acceptors (Lipinski definition) is 2. The van der Waals surface area contributed by atoms with Crippen LogP contribution in [-0.4, -0.2) is 0 Å². The summed E-state index contributed by atoms with van der Waals surface area (Å²) in [5, 5.41) is 0. The first kappa shape index (κ1) is 33.0. The second-order valence-corrected chi connectivity index (χ2v) is 14.9. The molecule has 0 bridgehead atoms. The standard InChI is InChI=1S/C55H37NO/c1-2-13-38(14-3-1)39-28-32-45(33-29-39)56(46-34-30-40(31-35-46)43-17-10-18-44(37-43)53-25-12-36-57-53)52-24-11-23-51-54(52)47-19-6-9-22-50(47)55(51)48-20-7-4-15-41(48)26-27-42-16-5-8-21-49(42)55/h1-37H. The predicted molar refractivity (Wildman–Crippen MR) is 236 cm³/mol. The Hall–Kier alpha value is -7.42. The lowest BCUT2D eigenvalue weighted by atomic mass is 9.66. The molecule has 0 atom stereocenters. The Balaban J connectivity index is 1.13. The molecule has 0 saturated carbocycles. The van der Waals surface area contributed by atoms with E-state index in [-0.39, 0.29) is 0 Å². The minimum atomic E-state index is -0.510. The zero-order valence-electron chi connectivity index (χ0n) is 31.2. The molecule has 1 aromatic heterocycles. The molecule has 2 heteroatoms. The van der Waals surface area contributed by atoms with Crippen LogP contribution in [0, 0.1) is 0 Å². The second-order valence-electron chi connectivity index (χ2n) is 14.9. The van der Waals surface area contributed by atoms with Crippen LogP contribution in [0.2, 0.25) is 0 Å². The first-order chi connectivity index (χ1) is 28.3. The van der Waals surface area contributed by atoms with Gasteiger partial charge in [0.15, 0.2) is 0 Å². The molecule has 11 rings (SSSR count). The van der Waals surface area contributed by atoms with Crippen LogP contribution in [0.4, 0.5) is 17.1 Å². The Kier molecular flexibility index (Phi) is 7.75. The Morgan fingerprint density at radius 1 is 0.368 bits per heavy atom. The van der Waals surface area contributed by atoms with Crippen molar-refractivity contribution in [3.05, 3.63) is 246 Å². The van der Waals surface area contributed by atoms with Gasteiger partial charge in [-0.3, -0.25) is 0 Å². The van der Waals surface area contributed by atoms with E-state index in [9.17, 15) is 0 Å². The van der Waals surface area contributed by atoms with Crippen molar-refractivity contribution in [3.63, 3.8) is 0 Å². The van der Waals surface area contributed by atoms with E-state index in [2.05, 4.69) is 211 Å². The van der Waals surface area contributed by atoms with Crippen molar-refractivity contribution in [2.75, 3.05) is 4.90 Å². The molecular formula is C55H37NO. The van der Waals surface area contributed by atoms with Gasteiger partial charge in [0, 0.05) is 22.5 Å². The number of rotatable bonds is 6. The smallest absolute Gasteiger partial charge is 0.133 e. The van der Waals surface area contributed by atoms with Crippen LogP contribution in [0.15, 0.2) is 217 Å². The molecular weight excluding hydrogens is 691 g/mol. The van der Waals surface area contributed by atoms with Crippen LogP contribution in [0.25, 0.3) is 56.9 Å². The monoisotopic (exact) mass is 727 g/mol. The molecule has 1 spiro atoms. The molecule has 0 saturated heterocycles. The average molecular weight is 728 g/mol. The molecule has 0 radical (unpaired) electrons. The molecule has 0 N–H and O–H groups in total. The van der Waals surface area contributed by atoms with Crippen LogP contribution < -0.4 is 4.90 Å². The maximum Gasteiger partial charge on any atom is 0.133 e. The van der Waals surface area contributed by atoms with E-state index in [1.54, 1.807) is 6.26 Å². The van der Waals surface area contributed by atoms with Crippen molar-refractivity contribution in [1.82, 2.24) is 0 Å². The zero-order valence-corrected chi connectivity index (χ0v) is 31.2. The number of hydrogen-bond donors (Lipinski definition) is 0. The first-order valence-corrected chi connectivity index (χ1v) is 19.6. The fraction of sp³-hybridized carbons (Fsp3) is 0.0182. The summed E-state index contributed by atoms with van der Waals surface area (Å²) < 4.78 is 5.73. The summed E-state index contributed by atoms with van der Waals surface area (Å²) in [6.07, 6.45) is 6.31. The normalized spacial score (nSPS) is 13.0. The van der Waals surface area contributed by atoms with E-state index >= 15 is 0 Å². The molecule has 9 aromatic rings. The van der Waals surface area contributed by atoms with Gasteiger partial charge in [0.2, 0.25) is 0 Å². The van der Waals surface area contributed by atoms with Gasteiger partial charge in [0.25, 0.3) is 0 Å². The number of furan rings is 1. The number of benzene rings is 8. The summed E-state index contributed by atoms with van der Waals surface area (Å²) >= 11 is 0. The van der Waals surface area contributed by atoms with E-state index in [1.165, 1.54) is 55.6 Å². The molecule has 0 unspecified atom stereocenters. The van der Waals surface area contributed by atoms with Gasteiger partial charge in [-0.05, 0) is 110 Å². The molecule has 2 aliphatic rings. The third kappa shape index (κ3) is 5.26. The van der Waals surface area contributed by atoms with Crippen molar-refractivity contribution in [2.24, 2.45) is 0 Å². The third-order valence-electron chi connectivity index (χ3n) is 11.8. The third-order valence-corrected chi connectivity index (χ3v) is 11.8. The molecule has 2 aliphatic carbocycles. The summed E-state index contributed by atoms with van der Waals surface area (Å²) in [5.41, 5.74) is 18.7. The predicted octanol–water partition coefficient (Wildman–Crippen LogP) is 14.6. The summed E-state index contributed by atoms with van der Waals surface area (Å²) in [6.45, 7) is 0. The van der Waals surface area contributed by atoms with Crippen LogP contribution in [-0.2, 0) is 5.41 Å². The summed E-state index contributed by atoms with van der Waals surface area (Å²) in [4.78, 5) is 2.44. The lowest BCUT2D eigenvalue weighted by molar-refractivity contribution is 0.582. The highest BCUT2D eigenvalue weighted by molar-refractivity contribution is 5.99. The van der Waals surface area contributed by atoms with Crippen molar-refractivity contribution in [1.29, 1.82) is 0 Å². The van der Waals surface area contributed by atoms with Gasteiger partial charge in [0.05, 0.1) is 17.4 Å². The molecule has 0 aliphatic heterocycles. The van der Waals surface area contributed by atoms with E-state index in [0.29, 0.717) is 0 Å². The van der Waals surface area contributed by atoms with Crippen molar-refractivity contribution in [2.45, 2.75) is 5.41 Å². The second kappa shape index (κ2) is 13.4. The van der Waals surface area contributed by atoms with Gasteiger partial charge in [-0.25, -0.2) is 0 Å². The maximum atomic E-state index is 5.73. The van der Waals surface area contributed by atoms with Gasteiger partial charge >= 0.3 is 0 Å². The van der Waals surface area contributed by atoms with Gasteiger partial charge in [-0.2, -0.15) is 0 Å². The zero-order chi connectivity index (χ0) is 37.8. The number of nitrogens with zero attached hydrogens (tertiary/aromatic N) is 1. The van der Waals surface area contributed by atoms with Crippen LogP contribution in [0.3, 0.4) is 0 Å². The first-order valence-electron chi connectivity index (χ1n) is 19.6. The Labute approximate surface area is 333 Å². The Morgan fingerprint density at radius 3 is 1.56 bits per heavy atom. The van der Waals surface area contributed by atoms with Gasteiger partial charge < -0.3 is 9.32 Å². The molecule has 2 nitrogen and oxygen atoms in total.